The lowest BCUT2D eigenvalue weighted by molar-refractivity contribution is -0.118. The van der Waals surface area contributed by atoms with Crippen molar-refractivity contribution in [3.8, 4) is 0 Å². The largest absolute Gasteiger partial charge is 0.351 e. The molecule has 0 aromatic heterocycles. The molecule has 1 aliphatic heterocycles. The Kier molecular flexibility index (Phi) is 4.28. The van der Waals surface area contributed by atoms with Crippen molar-refractivity contribution in [1.82, 2.24) is 10.6 Å². The lowest BCUT2D eigenvalue weighted by atomic mass is 10.1. The highest BCUT2D eigenvalue weighted by atomic mass is 32.2. The first-order chi connectivity index (χ1) is 6.97. The molecule has 1 aliphatic rings. The Labute approximate surface area is 89.8 Å². The molecule has 0 aromatic carbocycles. The second-order valence-corrected chi connectivity index (χ2v) is 5.80. The monoisotopic (exact) mass is 232 g/mol. The van der Waals surface area contributed by atoms with Crippen LogP contribution in [0.15, 0.2) is 11.6 Å². The van der Waals surface area contributed by atoms with Crippen LogP contribution in [-0.2, 0) is 14.6 Å². The molecule has 0 aliphatic carbocycles. The van der Waals surface area contributed by atoms with Gasteiger partial charge in [0, 0.05) is 19.3 Å². The standard InChI is InChI=1S/C9H16N2O3S/c1-15(13,14)7-9(12)11-6-8-2-4-10-5-3-8/h2,10H,3-7H2,1H3,(H,11,12). The van der Waals surface area contributed by atoms with Gasteiger partial charge in [0.05, 0.1) is 0 Å². The summed E-state index contributed by atoms with van der Waals surface area (Å²) >= 11 is 0. The zero-order valence-electron chi connectivity index (χ0n) is 8.75. The van der Waals surface area contributed by atoms with Gasteiger partial charge >= 0.3 is 0 Å². The van der Waals surface area contributed by atoms with Gasteiger partial charge in [0.15, 0.2) is 9.84 Å². The van der Waals surface area contributed by atoms with Crippen molar-refractivity contribution < 1.29 is 13.2 Å². The minimum atomic E-state index is -3.22. The van der Waals surface area contributed by atoms with Gasteiger partial charge in [0.1, 0.15) is 5.75 Å². The molecule has 15 heavy (non-hydrogen) atoms. The zero-order chi connectivity index (χ0) is 11.3. The van der Waals surface area contributed by atoms with E-state index in [9.17, 15) is 13.2 Å². The maximum absolute atomic E-state index is 11.2. The van der Waals surface area contributed by atoms with Crippen LogP contribution >= 0.6 is 0 Å². The number of hydrogen-bond acceptors (Lipinski definition) is 4. The Morgan fingerprint density at radius 1 is 1.60 bits per heavy atom. The second-order valence-electron chi connectivity index (χ2n) is 3.66. The molecular weight excluding hydrogens is 216 g/mol. The molecule has 0 bridgehead atoms. The Balaban J connectivity index is 2.31. The molecular formula is C9H16N2O3S. The summed E-state index contributed by atoms with van der Waals surface area (Å²) < 4.78 is 21.6. The number of rotatable bonds is 4. The van der Waals surface area contributed by atoms with Gasteiger partial charge in [-0.15, -0.1) is 0 Å². The molecule has 2 N–H and O–H groups in total. The highest BCUT2D eigenvalue weighted by Gasteiger charge is 2.11. The van der Waals surface area contributed by atoms with Gasteiger partial charge in [-0.1, -0.05) is 11.6 Å². The van der Waals surface area contributed by atoms with Gasteiger partial charge in [-0.05, 0) is 13.0 Å². The lowest BCUT2D eigenvalue weighted by Crippen LogP contribution is -2.33. The zero-order valence-corrected chi connectivity index (χ0v) is 9.56. The Morgan fingerprint density at radius 2 is 2.33 bits per heavy atom. The van der Waals surface area contributed by atoms with Gasteiger partial charge < -0.3 is 10.6 Å². The summed E-state index contributed by atoms with van der Waals surface area (Å²) in [5.74, 6) is -0.865. The van der Waals surface area contributed by atoms with Gasteiger partial charge in [-0.25, -0.2) is 8.42 Å². The van der Waals surface area contributed by atoms with E-state index in [0.717, 1.165) is 31.3 Å². The van der Waals surface area contributed by atoms with Crippen LogP contribution in [-0.4, -0.2) is 46.0 Å². The fourth-order valence-corrected chi connectivity index (χ4v) is 1.91. The third kappa shape index (κ3) is 5.54. The summed E-state index contributed by atoms with van der Waals surface area (Å²) in [5.41, 5.74) is 1.15. The van der Waals surface area contributed by atoms with E-state index in [1.54, 1.807) is 0 Å². The minimum Gasteiger partial charge on any atom is -0.351 e. The third-order valence-corrected chi connectivity index (χ3v) is 2.85. The van der Waals surface area contributed by atoms with Crippen LogP contribution in [0.4, 0.5) is 0 Å². The van der Waals surface area contributed by atoms with Crippen molar-refractivity contribution in [2.45, 2.75) is 6.42 Å². The molecule has 0 aromatic rings. The molecule has 1 rings (SSSR count). The highest BCUT2D eigenvalue weighted by molar-refractivity contribution is 7.91. The predicted molar refractivity (Wildman–Crippen MR) is 58.3 cm³/mol. The summed E-state index contributed by atoms with van der Waals surface area (Å²) in [7, 11) is -3.22. The van der Waals surface area contributed by atoms with Crippen LogP contribution in [0.1, 0.15) is 6.42 Å². The molecule has 1 amide bonds. The first kappa shape index (κ1) is 12.2. The Bertz CT molecular complexity index is 360. The van der Waals surface area contributed by atoms with Crippen LogP contribution in [0.3, 0.4) is 0 Å². The van der Waals surface area contributed by atoms with Crippen LogP contribution in [0.2, 0.25) is 0 Å². The number of nitrogens with one attached hydrogen (secondary N) is 2. The van der Waals surface area contributed by atoms with Gasteiger partial charge in [0.2, 0.25) is 5.91 Å². The van der Waals surface area contributed by atoms with Crippen LogP contribution in [0.5, 0.6) is 0 Å². The summed E-state index contributed by atoms with van der Waals surface area (Å²) in [6.07, 6.45) is 3.97. The minimum absolute atomic E-state index is 0.432. The second kappa shape index (κ2) is 5.27. The molecule has 86 valence electrons. The molecule has 0 saturated carbocycles. The number of sulfone groups is 1. The van der Waals surface area contributed by atoms with E-state index in [1.165, 1.54) is 0 Å². The smallest absolute Gasteiger partial charge is 0.235 e. The van der Waals surface area contributed by atoms with Crippen molar-refractivity contribution >= 4 is 15.7 Å². The molecule has 5 nitrogen and oxygen atoms in total. The summed E-state index contributed by atoms with van der Waals surface area (Å²) in [4.78, 5) is 11.2. The Morgan fingerprint density at radius 3 is 2.87 bits per heavy atom. The van der Waals surface area contributed by atoms with Crippen molar-refractivity contribution in [1.29, 1.82) is 0 Å². The molecule has 0 saturated heterocycles. The topological polar surface area (TPSA) is 75.3 Å². The first-order valence-electron chi connectivity index (χ1n) is 4.80. The van der Waals surface area contributed by atoms with Crippen LogP contribution < -0.4 is 10.6 Å². The van der Waals surface area contributed by atoms with E-state index in [1.807, 2.05) is 6.08 Å². The lowest BCUT2D eigenvalue weighted by Gasteiger charge is -2.14. The van der Waals surface area contributed by atoms with Crippen molar-refractivity contribution in [3.63, 3.8) is 0 Å². The fourth-order valence-electron chi connectivity index (χ4n) is 1.33. The van der Waals surface area contributed by atoms with E-state index in [0.29, 0.717) is 6.54 Å². The number of carbonyl (C=O) groups excluding carboxylic acids is 1. The molecule has 1 heterocycles. The fraction of sp³-hybridized carbons (Fsp3) is 0.667. The normalized spacial score (nSPS) is 17.0. The molecule has 0 unspecified atom stereocenters. The maximum Gasteiger partial charge on any atom is 0.235 e. The Hall–Kier alpha value is -0.880. The van der Waals surface area contributed by atoms with E-state index < -0.39 is 21.5 Å². The summed E-state index contributed by atoms with van der Waals surface area (Å²) in [6.45, 7) is 2.18. The molecule has 0 atom stereocenters. The van der Waals surface area contributed by atoms with E-state index in [4.69, 9.17) is 0 Å². The number of carbonyl (C=O) groups is 1. The number of hydrogen-bond donors (Lipinski definition) is 2. The van der Waals surface area contributed by atoms with Crippen molar-refractivity contribution in [2.75, 3.05) is 31.6 Å². The molecule has 0 fully saturated rings. The van der Waals surface area contributed by atoms with Gasteiger partial charge in [-0.2, -0.15) is 0 Å². The average Bonchev–Trinajstić information content (AvgIpc) is 2.14. The number of amides is 1. The van der Waals surface area contributed by atoms with Crippen LogP contribution in [0, 0.1) is 0 Å². The van der Waals surface area contributed by atoms with Gasteiger partial charge in [0.25, 0.3) is 0 Å². The van der Waals surface area contributed by atoms with E-state index >= 15 is 0 Å². The van der Waals surface area contributed by atoms with E-state index in [2.05, 4.69) is 10.6 Å². The highest BCUT2D eigenvalue weighted by Crippen LogP contribution is 2.01. The quantitative estimate of drug-likeness (QED) is 0.614. The summed E-state index contributed by atoms with van der Waals surface area (Å²) in [6, 6.07) is 0. The van der Waals surface area contributed by atoms with Crippen LogP contribution in [0.25, 0.3) is 0 Å². The molecule has 0 spiro atoms. The van der Waals surface area contributed by atoms with Crippen molar-refractivity contribution in [3.05, 3.63) is 11.6 Å². The molecule has 0 radical (unpaired) electrons. The third-order valence-electron chi connectivity index (χ3n) is 2.06. The SMILES string of the molecule is CS(=O)(=O)CC(=O)NCC1=CCNCC1. The predicted octanol–water partition coefficient (Wildman–Crippen LogP) is -0.933. The first-order valence-corrected chi connectivity index (χ1v) is 6.86. The maximum atomic E-state index is 11.2. The summed E-state index contributed by atoms with van der Waals surface area (Å²) in [5, 5.41) is 5.75. The van der Waals surface area contributed by atoms with Gasteiger partial charge in [-0.3, -0.25) is 4.79 Å². The molecule has 6 heteroatoms. The average molecular weight is 232 g/mol. The van der Waals surface area contributed by atoms with Crippen molar-refractivity contribution in [2.24, 2.45) is 0 Å². The van der Waals surface area contributed by atoms with E-state index in [-0.39, 0.29) is 0 Å².